The number of rotatable bonds is 4. The van der Waals surface area contributed by atoms with Gasteiger partial charge in [-0.05, 0) is 34.0 Å². The number of nitrogens with two attached hydrogens (primary N) is 1. The molecule has 2 unspecified atom stereocenters. The topological polar surface area (TPSA) is 56.5 Å². The van der Waals surface area contributed by atoms with Gasteiger partial charge >= 0.3 is 0 Å². The standard InChI is InChI=1S/C12H16BrFN2O2/c13-12-8(2-1-3-9(12)14)6-10(16-15)11-7-17-4-5-18-11/h1-3,10-11,16H,4-7,15H2. The van der Waals surface area contributed by atoms with E-state index in [1.54, 1.807) is 6.07 Å². The molecule has 0 bridgehead atoms. The summed E-state index contributed by atoms with van der Waals surface area (Å²) < 4.78 is 24.8. The van der Waals surface area contributed by atoms with Crippen molar-refractivity contribution < 1.29 is 13.9 Å². The molecule has 1 heterocycles. The molecule has 0 amide bonds. The van der Waals surface area contributed by atoms with Gasteiger partial charge in [-0.25, -0.2) is 4.39 Å². The lowest BCUT2D eigenvalue weighted by Crippen LogP contribution is -2.50. The van der Waals surface area contributed by atoms with E-state index in [-0.39, 0.29) is 18.0 Å². The number of benzene rings is 1. The van der Waals surface area contributed by atoms with Crippen LogP contribution in [-0.2, 0) is 15.9 Å². The van der Waals surface area contributed by atoms with Gasteiger partial charge in [0.1, 0.15) is 5.82 Å². The number of nitrogens with one attached hydrogen (secondary N) is 1. The first-order chi connectivity index (χ1) is 8.72. The quantitative estimate of drug-likeness (QED) is 0.650. The molecule has 1 aliphatic rings. The molecule has 0 radical (unpaired) electrons. The number of hydrogen-bond donors (Lipinski definition) is 2. The van der Waals surface area contributed by atoms with Gasteiger partial charge in [0.05, 0.1) is 36.4 Å². The lowest BCUT2D eigenvalue weighted by molar-refractivity contribution is -0.101. The highest BCUT2D eigenvalue weighted by Gasteiger charge is 2.25. The van der Waals surface area contributed by atoms with Gasteiger partial charge in [0.25, 0.3) is 0 Å². The van der Waals surface area contributed by atoms with Crippen LogP contribution in [0.5, 0.6) is 0 Å². The average molecular weight is 319 g/mol. The van der Waals surface area contributed by atoms with Crippen LogP contribution in [0.4, 0.5) is 4.39 Å². The first kappa shape index (κ1) is 13.9. The fourth-order valence-electron chi connectivity index (χ4n) is 1.98. The smallest absolute Gasteiger partial charge is 0.137 e. The Balaban J connectivity index is 2.07. The summed E-state index contributed by atoms with van der Waals surface area (Å²) in [6.45, 7) is 1.67. The Morgan fingerprint density at radius 1 is 1.50 bits per heavy atom. The maximum absolute atomic E-state index is 13.4. The van der Waals surface area contributed by atoms with Crippen LogP contribution in [-0.4, -0.2) is 32.0 Å². The molecular formula is C12H16BrFN2O2. The summed E-state index contributed by atoms with van der Waals surface area (Å²) in [5.74, 6) is 5.27. The number of halogens is 2. The van der Waals surface area contributed by atoms with Crippen LogP contribution < -0.4 is 11.3 Å². The summed E-state index contributed by atoms with van der Waals surface area (Å²) in [4.78, 5) is 0. The molecule has 1 saturated heterocycles. The molecule has 4 nitrogen and oxygen atoms in total. The van der Waals surface area contributed by atoms with E-state index in [4.69, 9.17) is 15.3 Å². The summed E-state index contributed by atoms with van der Waals surface area (Å²) in [5, 5.41) is 0. The molecule has 3 N–H and O–H groups in total. The zero-order valence-electron chi connectivity index (χ0n) is 9.86. The Morgan fingerprint density at radius 2 is 2.33 bits per heavy atom. The van der Waals surface area contributed by atoms with E-state index < -0.39 is 0 Å². The van der Waals surface area contributed by atoms with Gasteiger partial charge in [0.15, 0.2) is 0 Å². The molecule has 1 aromatic rings. The summed E-state index contributed by atoms with van der Waals surface area (Å²) in [5.41, 5.74) is 3.57. The maximum atomic E-state index is 13.4. The minimum absolute atomic E-state index is 0.108. The molecule has 0 aromatic heterocycles. The first-order valence-electron chi connectivity index (χ1n) is 5.80. The Kier molecular flexibility index (Phi) is 5.08. The minimum Gasteiger partial charge on any atom is -0.376 e. The molecule has 6 heteroatoms. The van der Waals surface area contributed by atoms with Crippen LogP contribution in [0.25, 0.3) is 0 Å². The number of ether oxygens (including phenoxy) is 2. The summed E-state index contributed by atoms with van der Waals surface area (Å²) in [6.07, 6.45) is 0.460. The Morgan fingerprint density at radius 3 is 3.00 bits per heavy atom. The average Bonchev–Trinajstić information content (AvgIpc) is 2.41. The second-order valence-electron chi connectivity index (χ2n) is 4.17. The lowest BCUT2D eigenvalue weighted by atomic mass is 10.0. The number of hydrogen-bond acceptors (Lipinski definition) is 4. The summed E-state index contributed by atoms with van der Waals surface area (Å²) >= 11 is 3.25. The van der Waals surface area contributed by atoms with E-state index in [0.717, 1.165) is 5.56 Å². The van der Waals surface area contributed by atoms with Gasteiger partial charge in [-0.2, -0.15) is 0 Å². The molecule has 18 heavy (non-hydrogen) atoms. The molecule has 0 aliphatic carbocycles. The largest absolute Gasteiger partial charge is 0.376 e. The van der Waals surface area contributed by atoms with Gasteiger partial charge < -0.3 is 9.47 Å². The van der Waals surface area contributed by atoms with E-state index in [0.29, 0.717) is 30.7 Å². The minimum atomic E-state index is -0.274. The van der Waals surface area contributed by atoms with Crippen LogP contribution in [0.3, 0.4) is 0 Å². The van der Waals surface area contributed by atoms with Crippen LogP contribution in [0.2, 0.25) is 0 Å². The van der Waals surface area contributed by atoms with E-state index in [9.17, 15) is 4.39 Å². The summed E-state index contributed by atoms with van der Waals surface area (Å²) in [6, 6.07) is 4.85. The zero-order valence-corrected chi connectivity index (χ0v) is 11.5. The zero-order chi connectivity index (χ0) is 13.0. The van der Waals surface area contributed by atoms with Crippen molar-refractivity contribution in [2.24, 2.45) is 5.84 Å². The van der Waals surface area contributed by atoms with Crippen molar-refractivity contribution in [2.45, 2.75) is 18.6 Å². The molecule has 0 spiro atoms. The maximum Gasteiger partial charge on any atom is 0.137 e. The Bertz CT molecular complexity index is 400. The molecule has 1 aromatic carbocycles. The van der Waals surface area contributed by atoms with Crippen molar-refractivity contribution in [1.29, 1.82) is 0 Å². The van der Waals surface area contributed by atoms with E-state index in [2.05, 4.69) is 21.4 Å². The van der Waals surface area contributed by atoms with E-state index >= 15 is 0 Å². The fourth-order valence-corrected chi connectivity index (χ4v) is 2.41. The van der Waals surface area contributed by atoms with Crippen molar-refractivity contribution >= 4 is 15.9 Å². The van der Waals surface area contributed by atoms with Crippen molar-refractivity contribution in [3.8, 4) is 0 Å². The SMILES string of the molecule is NNC(Cc1cccc(F)c1Br)C1COCCO1. The highest BCUT2D eigenvalue weighted by atomic mass is 79.9. The van der Waals surface area contributed by atoms with Crippen molar-refractivity contribution in [3.63, 3.8) is 0 Å². The Hall–Kier alpha value is -0.530. The first-order valence-corrected chi connectivity index (χ1v) is 6.60. The van der Waals surface area contributed by atoms with Crippen LogP contribution >= 0.6 is 15.9 Å². The van der Waals surface area contributed by atoms with Crippen LogP contribution in [0, 0.1) is 5.82 Å². The van der Waals surface area contributed by atoms with Gasteiger partial charge in [0, 0.05) is 0 Å². The van der Waals surface area contributed by atoms with Crippen molar-refractivity contribution in [3.05, 3.63) is 34.1 Å². The highest BCUT2D eigenvalue weighted by molar-refractivity contribution is 9.10. The molecular weight excluding hydrogens is 303 g/mol. The van der Waals surface area contributed by atoms with Gasteiger partial charge in [-0.1, -0.05) is 12.1 Å². The molecule has 2 atom stereocenters. The fraction of sp³-hybridized carbons (Fsp3) is 0.500. The van der Waals surface area contributed by atoms with Crippen molar-refractivity contribution in [2.75, 3.05) is 19.8 Å². The lowest BCUT2D eigenvalue weighted by Gasteiger charge is -2.30. The van der Waals surface area contributed by atoms with Crippen LogP contribution in [0.1, 0.15) is 5.56 Å². The highest BCUT2D eigenvalue weighted by Crippen LogP contribution is 2.22. The molecule has 0 saturated carbocycles. The third-order valence-electron chi connectivity index (χ3n) is 2.98. The second-order valence-corrected chi connectivity index (χ2v) is 4.97. The van der Waals surface area contributed by atoms with Crippen molar-refractivity contribution in [1.82, 2.24) is 5.43 Å². The third-order valence-corrected chi connectivity index (χ3v) is 3.86. The normalized spacial score (nSPS) is 21.8. The number of hydrazine groups is 1. The monoisotopic (exact) mass is 318 g/mol. The molecule has 1 fully saturated rings. The van der Waals surface area contributed by atoms with E-state index in [1.165, 1.54) is 6.07 Å². The predicted molar refractivity (Wildman–Crippen MR) is 69.5 cm³/mol. The van der Waals surface area contributed by atoms with Gasteiger partial charge in [0.2, 0.25) is 0 Å². The molecule has 100 valence electrons. The molecule has 1 aliphatic heterocycles. The van der Waals surface area contributed by atoms with Gasteiger partial charge in [-0.15, -0.1) is 0 Å². The predicted octanol–water partition coefficient (Wildman–Crippen LogP) is 1.38. The summed E-state index contributed by atoms with van der Waals surface area (Å²) in [7, 11) is 0. The van der Waals surface area contributed by atoms with Gasteiger partial charge in [-0.3, -0.25) is 11.3 Å². The van der Waals surface area contributed by atoms with Crippen LogP contribution in [0.15, 0.2) is 22.7 Å². The third kappa shape index (κ3) is 3.27. The molecule has 2 rings (SSSR count). The Labute approximate surface area is 114 Å². The second kappa shape index (κ2) is 6.58. The van der Waals surface area contributed by atoms with E-state index in [1.807, 2.05) is 6.07 Å².